The molecule has 2 fully saturated rings. The van der Waals surface area contributed by atoms with E-state index in [1.165, 1.54) is 21.6 Å². The number of hydrogen-bond acceptors (Lipinski definition) is 7. The zero-order valence-electron chi connectivity index (χ0n) is 19.6. The van der Waals surface area contributed by atoms with Gasteiger partial charge in [0.2, 0.25) is 0 Å². The van der Waals surface area contributed by atoms with Gasteiger partial charge in [-0.1, -0.05) is 0 Å². The third-order valence-corrected chi connectivity index (χ3v) is 7.09. The smallest absolute Gasteiger partial charge is 0.284 e. The van der Waals surface area contributed by atoms with E-state index in [0.29, 0.717) is 5.65 Å². The molecule has 12 heteroatoms. The number of halogens is 2. The Kier molecular flexibility index (Phi) is 6.65. The van der Waals surface area contributed by atoms with Crippen LogP contribution in [0.4, 0.5) is 20.3 Å². The minimum atomic E-state index is -2.83. The van der Waals surface area contributed by atoms with Crippen molar-refractivity contribution in [2.24, 2.45) is 5.92 Å². The lowest BCUT2D eigenvalue weighted by atomic mass is 9.87. The van der Waals surface area contributed by atoms with Crippen molar-refractivity contribution in [1.82, 2.24) is 29.3 Å². The molecule has 1 saturated heterocycles. The van der Waals surface area contributed by atoms with Crippen LogP contribution in [0.1, 0.15) is 54.2 Å². The SMILES string of the molecule is CN1CCN(c2ccn3ncc(C(=O)Nc4cn([C@H]5CC[C@H](CO)CC5)nc4C(F)F)c3n2)CC1. The highest BCUT2D eigenvalue weighted by molar-refractivity contribution is 6.08. The Morgan fingerprint density at radius 1 is 1.20 bits per heavy atom. The molecule has 1 saturated carbocycles. The van der Waals surface area contributed by atoms with E-state index in [2.05, 4.69) is 37.3 Å². The standard InChI is InChI=1S/C23H30F2N8O2/c1-30-8-10-31(11-9-30)19-6-7-32-22(28-19)17(12-26-32)23(35)27-18-13-33(29-20(18)21(24)25)16-4-2-15(14-34)3-5-16/h6-7,12-13,15-16,21,34H,2-5,8-11,14H2,1H3,(H,27,35)/t15-,16-. The van der Waals surface area contributed by atoms with Crippen molar-refractivity contribution < 1.29 is 18.7 Å². The van der Waals surface area contributed by atoms with Crippen molar-refractivity contribution in [3.63, 3.8) is 0 Å². The van der Waals surface area contributed by atoms with Crippen LogP contribution in [0.3, 0.4) is 0 Å². The average Bonchev–Trinajstić information content (AvgIpc) is 3.49. The monoisotopic (exact) mass is 488 g/mol. The van der Waals surface area contributed by atoms with Gasteiger partial charge in [-0.3, -0.25) is 9.48 Å². The Balaban J connectivity index is 1.37. The van der Waals surface area contributed by atoms with Crippen molar-refractivity contribution in [2.45, 2.75) is 38.2 Å². The number of nitrogens with zero attached hydrogens (tertiary/aromatic N) is 7. The Labute approximate surface area is 201 Å². The lowest BCUT2D eigenvalue weighted by Crippen LogP contribution is -2.44. The molecule has 3 aromatic heterocycles. The lowest BCUT2D eigenvalue weighted by Gasteiger charge is -2.33. The largest absolute Gasteiger partial charge is 0.396 e. The normalized spacial score (nSPS) is 21.7. The number of aliphatic hydroxyl groups excluding tert-OH is 1. The Bertz CT molecular complexity index is 1180. The lowest BCUT2D eigenvalue weighted by molar-refractivity contribution is 0.102. The molecule has 0 spiro atoms. The van der Waals surface area contributed by atoms with Gasteiger partial charge in [-0.15, -0.1) is 0 Å². The fourth-order valence-electron chi connectivity index (χ4n) is 4.86. The van der Waals surface area contributed by atoms with E-state index < -0.39 is 18.0 Å². The number of amides is 1. The summed E-state index contributed by atoms with van der Waals surface area (Å²) < 4.78 is 30.6. The second kappa shape index (κ2) is 9.86. The Morgan fingerprint density at radius 3 is 2.63 bits per heavy atom. The summed E-state index contributed by atoms with van der Waals surface area (Å²) in [5.41, 5.74) is 0.110. The molecule has 10 nitrogen and oxygen atoms in total. The number of rotatable bonds is 6. The van der Waals surface area contributed by atoms with Crippen molar-refractivity contribution in [3.8, 4) is 0 Å². The van der Waals surface area contributed by atoms with Gasteiger partial charge >= 0.3 is 0 Å². The first-order valence-corrected chi connectivity index (χ1v) is 12.0. The number of carbonyl (C=O) groups is 1. The quantitative estimate of drug-likeness (QED) is 0.550. The van der Waals surface area contributed by atoms with Gasteiger partial charge in [0.1, 0.15) is 11.4 Å². The van der Waals surface area contributed by atoms with Gasteiger partial charge in [-0.05, 0) is 44.7 Å². The molecule has 2 aliphatic rings. The first-order valence-electron chi connectivity index (χ1n) is 12.0. The number of aromatic nitrogens is 5. The summed E-state index contributed by atoms with van der Waals surface area (Å²) >= 11 is 0. The molecule has 0 bridgehead atoms. The molecule has 188 valence electrons. The van der Waals surface area contributed by atoms with E-state index in [0.717, 1.165) is 57.7 Å². The number of aliphatic hydroxyl groups is 1. The van der Waals surface area contributed by atoms with E-state index in [1.54, 1.807) is 6.20 Å². The van der Waals surface area contributed by atoms with E-state index in [4.69, 9.17) is 0 Å². The molecule has 0 unspecified atom stereocenters. The van der Waals surface area contributed by atoms with Crippen LogP contribution in [0.5, 0.6) is 0 Å². The highest BCUT2D eigenvalue weighted by atomic mass is 19.3. The molecule has 5 rings (SSSR count). The molecule has 0 atom stereocenters. The molecule has 1 aliphatic heterocycles. The number of alkyl halides is 2. The number of piperazine rings is 1. The summed E-state index contributed by atoms with van der Waals surface area (Å²) in [7, 11) is 2.07. The van der Waals surface area contributed by atoms with Crippen LogP contribution in [0, 0.1) is 5.92 Å². The fourth-order valence-corrected chi connectivity index (χ4v) is 4.86. The zero-order valence-corrected chi connectivity index (χ0v) is 19.6. The summed E-state index contributed by atoms with van der Waals surface area (Å²) in [5, 5.41) is 20.3. The second-order valence-corrected chi connectivity index (χ2v) is 9.42. The maximum Gasteiger partial charge on any atom is 0.284 e. The highest BCUT2D eigenvalue weighted by Gasteiger charge is 2.27. The van der Waals surface area contributed by atoms with Gasteiger partial charge in [-0.25, -0.2) is 18.3 Å². The van der Waals surface area contributed by atoms with Crippen molar-refractivity contribution in [1.29, 1.82) is 0 Å². The second-order valence-electron chi connectivity index (χ2n) is 9.42. The minimum absolute atomic E-state index is 0.0103. The minimum Gasteiger partial charge on any atom is -0.396 e. The van der Waals surface area contributed by atoms with Gasteiger partial charge < -0.3 is 20.2 Å². The van der Waals surface area contributed by atoms with Gasteiger partial charge in [0.15, 0.2) is 11.3 Å². The number of carbonyl (C=O) groups excluding carboxylic acids is 1. The van der Waals surface area contributed by atoms with Crippen LogP contribution in [0.25, 0.3) is 5.65 Å². The number of likely N-dealkylation sites (N-methyl/N-ethyl adjacent to an activating group) is 1. The topological polar surface area (TPSA) is 104 Å². The number of anilines is 2. The summed E-state index contributed by atoms with van der Waals surface area (Å²) in [6.45, 7) is 3.63. The maximum absolute atomic E-state index is 13.8. The van der Waals surface area contributed by atoms with Crippen LogP contribution in [-0.4, -0.2) is 80.1 Å². The first kappa shape index (κ1) is 23.6. The molecule has 0 radical (unpaired) electrons. The van der Waals surface area contributed by atoms with Crippen molar-refractivity contribution in [3.05, 3.63) is 35.9 Å². The van der Waals surface area contributed by atoms with Crippen molar-refractivity contribution in [2.75, 3.05) is 50.1 Å². The molecular formula is C23H30F2N8O2. The summed E-state index contributed by atoms with van der Waals surface area (Å²) in [4.78, 5) is 22.2. The average molecular weight is 489 g/mol. The van der Waals surface area contributed by atoms with Crippen LogP contribution in [0.15, 0.2) is 24.7 Å². The third kappa shape index (κ3) is 4.85. The van der Waals surface area contributed by atoms with Crippen molar-refractivity contribution >= 4 is 23.1 Å². The molecule has 2 N–H and O–H groups in total. The van der Waals surface area contributed by atoms with E-state index in [-0.39, 0.29) is 29.8 Å². The third-order valence-electron chi connectivity index (χ3n) is 7.09. The molecule has 4 heterocycles. The predicted molar refractivity (Wildman–Crippen MR) is 126 cm³/mol. The highest BCUT2D eigenvalue weighted by Crippen LogP contribution is 2.34. The Morgan fingerprint density at radius 2 is 1.94 bits per heavy atom. The van der Waals surface area contributed by atoms with Crippen LogP contribution in [-0.2, 0) is 0 Å². The first-order chi connectivity index (χ1) is 16.9. The molecule has 1 aliphatic carbocycles. The van der Waals surface area contributed by atoms with Gasteiger partial charge in [0.05, 0.1) is 17.9 Å². The zero-order chi connectivity index (χ0) is 24.5. The van der Waals surface area contributed by atoms with Gasteiger partial charge in [0.25, 0.3) is 12.3 Å². The molecule has 1 amide bonds. The molecule has 3 aromatic rings. The molecule has 35 heavy (non-hydrogen) atoms. The molecule has 0 aromatic carbocycles. The Hall–Kier alpha value is -3.12. The number of fused-ring (bicyclic) bond motifs is 1. The van der Waals surface area contributed by atoms with Crippen LogP contribution >= 0.6 is 0 Å². The summed E-state index contributed by atoms with van der Waals surface area (Å²) in [5.74, 6) is 0.433. The van der Waals surface area contributed by atoms with Crippen LogP contribution in [0.2, 0.25) is 0 Å². The fraction of sp³-hybridized carbons (Fsp3) is 0.565. The summed E-state index contributed by atoms with van der Waals surface area (Å²) in [6.07, 6.45) is 4.93. The van der Waals surface area contributed by atoms with Crippen LogP contribution < -0.4 is 10.2 Å². The summed E-state index contributed by atoms with van der Waals surface area (Å²) in [6, 6.07) is 1.82. The van der Waals surface area contributed by atoms with E-state index >= 15 is 0 Å². The predicted octanol–water partition coefficient (Wildman–Crippen LogP) is 2.59. The molecular weight excluding hydrogens is 458 g/mol. The van der Waals surface area contributed by atoms with E-state index in [9.17, 15) is 18.7 Å². The van der Waals surface area contributed by atoms with E-state index in [1.807, 2.05) is 6.07 Å². The van der Waals surface area contributed by atoms with Gasteiger partial charge in [0, 0.05) is 45.2 Å². The number of hydrogen-bond donors (Lipinski definition) is 2. The van der Waals surface area contributed by atoms with Gasteiger partial charge in [-0.2, -0.15) is 10.2 Å². The maximum atomic E-state index is 13.8. The number of nitrogens with one attached hydrogen (secondary N) is 1.